The summed E-state index contributed by atoms with van der Waals surface area (Å²) in [5.41, 5.74) is 8.61. The molecule has 64 valence electrons. The number of allylic oxidation sites excluding steroid dienone is 1. The summed E-state index contributed by atoms with van der Waals surface area (Å²) < 4.78 is 2.02. The maximum absolute atomic E-state index is 5.59. The highest BCUT2D eigenvalue weighted by atomic mass is 14.9. The van der Waals surface area contributed by atoms with Crippen LogP contribution in [0.15, 0.2) is 24.5 Å². The van der Waals surface area contributed by atoms with Crippen molar-refractivity contribution in [1.82, 2.24) is 4.57 Å². The van der Waals surface area contributed by atoms with Crippen molar-refractivity contribution in [3.05, 3.63) is 35.8 Å². The van der Waals surface area contributed by atoms with Crippen LogP contribution < -0.4 is 5.73 Å². The average molecular weight is 162 g/mol. The molecule has 1 heterocycles. The molecule has 0 saturated heterocycles. The molecule has 12 heavy (non-hydrogen) atoms. The van der Waals surface area contributed by atoms with Gasteiger partial charge in [0, 0.05) is 24.6 Å². The molecule has 0 saturated carbocycles. The summed E-state index contributed by atoms with van der Waals surface area (Å²) in [6.45, 7) is 5.60. The van der Waals surface area contributed by atoms with E-state index in [1.54, 1.807) is 0 Å². The summed E-state index contributed by atoms with van der Waals surface area (Å²) in [7, 11) is 1.99. The highest BCUT2D eigenvalue weighted by Crippen LogP contribution is 2.13. The standard InChI is InChI=1S/C10H14N2/c1-4-9-5-6-12(3)10(9)7-8(2)11/h4-7H,1,11H2,2-3H3/b8-7-. The van der Waals surface area contributed by atoms with E-state index in [4.69, 9.17) is 5.73 Å². The van der Waals surface area contributed by atoms with Crippen molar-refractivity contribution in [2.24, 2.45) is 12.8 Å². The van der Waals surface area contributed by atoms with Crippen LogP contribution in [-0.4, -0.2) is 4.57 Å². The summed E-state index contributed by atoms with van der Waals surface area (Å²) in [6, 6.07) is 2.02. The highest BCUT2D eigenvalue weighted by Gasteiger charge is 1.99. The van der Waals surface area contributed by atoms with E-state index in [1.807, 2.05) is 43.0 Å². The van der Waals surface area contributed by atoms with Crippen LogP contribution in [0.3, 0.4) is 0 Å². The van der Waals surface area contributed by atoms with E-state index in [-0.39, 0.29) is 0 Å². The van der Waals surface area contributed by atoms with Crippen LogP contribution >= 0.6 is 0 Å². The molecule has 0 aliphatic rings. The summed E-state index contributed by atoms with van der Waals surface area (Å²) in [5, 5.41) is 0. The summed E-state index contributed by atoms with van der Waals surface area (Å²) in [6.07, 6.45) is 5.76. The van der Waals surface area contributed by atoms with E-state index in [0.29, 0.717) is 0 Å². The van der Waals surface area contributed by atoms with Crippen molar-refractivity contribution >= 4 is 12.2 Å². The molecule has 0 aliphatic heterocycles. The average Bonchev–Trinajstić information content (AvgIpc) is 2.32. The number of nitrogens with zero attached hydrogens (tertiary/aromatic N) is 1. The maximum Gasteiger partial charge on any atom is 0.0494 e. The Balaban J connectivity index is 3.19. The molecule has 2 heteroatoms. The minimum absolute atomic E-state index is 0.805. The van der Waals surface area contributed by atoms with Crippen LogP contribution in [0.5, 0.6) is 0 Å². The van der Waals surface area contributed by atoms with Gasteiger partial charge in [0.25, 0.3) is 0 Å². The molecule has 0 radical (unpaired) electrons. The molecule has 0 amide bonds. The lowest BCUT2D eigenvalue weighted by molar-refractivity contribution is 0.912. The Morgan fingerprint density at radius 2 is 2.33 bits per heavy atom. The fourth-order valence-corrected chi connectivity index (χ4v) is 1.13. The molecule has 0 unspecified atom stereocenters. The zero-order valence-electron chi connectivity index (χ0n) is 7.54. The van der Waals surface area contributed by atoms with Gasteiger partial charge in [-0.1, -0.05) is 12.7 Å². The van der Waals surface area contributed by atoms with Crippen molar-refractivity contribution in [3.8, 4) is 0 Å². The van der Waals surface area contributed by atoms with Crippen LogP contribution in [0.2, 0.25) is 0 Å². The molecule has 1 rings (SSSR count). The normalized spacial score (nSPS) is 11.7. The Morgan fingerprint density at radius 1 is 1.67 bits per heavy atom. The van der Waals surface area contributed by atoms with Gasteiger partial charge in [-0.2, -0.15) is 0 Å². The fourth-order valence-electron chi connectivity index (χ4n) is 1.13. The number of aromatic nitrogens is 1. The van der Waals surface area contributed by atoms with Gasteiger partial charge in [-0.25, -0.2) is 0 Å². The fraction of sp³-hybridized carbons (Fsp3) is 0.200. The first-order chi connectivity index (χ1) is 5.65. The van der Waals surface area contributed by atoms with E-state index in [2.05, 4.69) is 6.58 Å². The number of hydrogen-bond donors (Lipinski definition) is 1. The number of aryl methyl sites for hydroxylation is 1. The second-order valence-electron chi connectivity index (χ2n) is 2.86. The molecular formula is C10H14N2. The predicted molar refractivity (Wildman–Crippen MR) is 53.3 cm³/mol. The van der Waals surface area contributed by atoms with Crippen molar-refractivity contribution < 1.29 is 0 Å². The Morgan fingerprint density at radius 3 is 2.83 bits per heavy atom. The van der Waals surface area contributed by atoms with Gasteiger partial charge in [-0.05, 0) is 24.6 Å². The van der Waals surface area contributed by atoms with Crippen molar-refractivity contribution in [1.29, 1.82) is 0 Å². The first-order valence-corrected chi connectivity index (χ1v) is 3.86. The molecule has 2 nitrogen and oxygen atoms in total. The van der Waals surface area contributed by atoms with E-state index < -0.39 is 0 Å². The third-order valence-corrected chi connectivity index (χ3v) is 1.74. The number of nitrogens with two attached hydrogens (primary N) is 1. The zero-order valence-corrected chi connectivity index (χ0v) is 7.54. The third kappa shape index (κ3) is 1.59. The van der Waals surface area contributed by atoms with E-state index >= 15 is 0 Å². The van der Waals surface area contributed by atoms with E-state index in [9.17, 15) is 0 Å². The monoisotopic (exact) mass is 162 g/mol. The van der Waals surface area contributed by atoms with Gasteiger partial charge in [0.05, 0.1) is 0 Å². The van der Waals surface area contributed by atoms with Gasteiger partial charge in [-0.3, -0.25) is 0 Å². The molecule has 0 aromatic carbocycles. The largest absolute Gasteiger partial charge is 0.402 e. The van der Waals surface area contributed by atoms with Crippen molar-refractivity contribution in [2.75, 3.05) is 0 Å². The van der Waals surface area contributed by atoms with Crippen LogP contribution in [0.4, 0.5) is 0 Å². The first kappa shape index (κ1) is 8.65. The topological polar surface area (TPSA) is 30.9 Å². The maximum atomic E-state index is 5.59. The Hall–Kier alpha value is -1.44. The smallest absolute Gasteiger partial charge is 0.0494 e. The Labute approximate surface area is 73.0 Å². The first-order valence-electron chi connectivity index (χ1n) is 3.86. The number of hydrogen-bond acceptors (Lipinski definition) is 1. The third-order valence-electron chi connectivity index (χ3n) is 1.74. The minimum atomic E-state index is 0.805. The second kappa shape index (κ2) is 3.30. The van der Waals surface area contributed by atoms with Crippen LogP contribution in [-0.2, 0) is 7.05 Å². The minimum Gasteiger partial charge on any atom is -0.402 e. The van der Waals surface area contributed by atoms with Gasteiger partial charge < -0.3 is 10.3 Å². The lowest BCUT2D eigenvalue weighted by Gasteiger charge is -1.99. The van der Waals surface area contributed by atoms with Crippen LogP contribution in [0.25, 0.3) is 12.2 Å². The Bertz CT molecular complexity index is 315. The van der Waals surface area contributed by atoms with E-state index in [1.165, 1.54) is 0 Å². The lowest BCUT2D eigenvalue weighted by atomic mass is 10.2. The molecule has 0 atom stereocenters. The SMILES string of the molecule is C=Cc1ccn(C)c1/C=C(/C)N. The second-order valence-corrected chi connectivity index (χ2v) is 2.86. The van der Waals surface area contributed by atoms with Crippen molar-refractivity contribution in [2.45, 2.75) is 6.92 Å². The highest BCUT2D eigenvalue weighted by molar-refractivity contribution is 5.63. The molecule has 0 bridgehead atoms. The van der Waals surface area contributed by atoms with Crippen LogP contribution in [0.1, 0.15) is 18.2 Å². The predicted octanol–water partition coefficient (Wildman–Crippen LogP) is 1.99. The number of rotatable bonds is 2. The molecule has 1 aromatic rings. The van der Waals surface area contributed by atoms with Gasteiger partial charge in [-0.15, -0.1) is 0 Å². The van der Waals surface area contributed by atoms with E-state index in [0.717, 1.165) is 17.0 Å². The lowest BCUT2D eigenvalue weighted by Crippen LogP contribution is -1.95. The molecule has 2 N–H and O–H groups in total. The van der Waals surface area contributed by atoms with Gasteiger partial charge in [0.1, 0.15) is 0 Å². The molecular weight excluding hydrogens is 148 g/mol. The molecule has 0 aliphatic carbocycles. The van der Waals surface area contributed by atoms with Gasteiger partial charge in [0.2, 0.25) is 0 Å². The quantitative estimate of drug-likeness (QED) is 0.708. The zero-order chi connectivity index (χ0) is 9.14. The van der Waals surface area contributed by atoms with Crippen LogP contribution in [0, 0.1) is 0 Å². The summed E-state index contributed by atoms with van der Waals surface area (Å²) >= 11 is 0. The summed E-state index contributed by atoms with van der Waals surface area (Å²) in [4.78, 5) is 0. The molecule has 0 fully saturated rings. The molecule has 1 aromatic heterocycles. The van der Waals surface area contributed by atoms with Gasteiger partial charge in [0.15, 0.2) is 0 Å². The van der Waals surface area contributed by atoms with Crippen molar-refractivity contribution in [3.63, 3.8) is 0 Å². The Kier molecular flexibility index (Phi) is 2.38. The summed E-state index contributed by atoms with van der Waals surface area (Å²) in [5.74, 6) is 0. The van der Waals surface area contributed by atoms with Gasteiger partial charge >= 0.3 is 0 Å². The molecule has 0 spiro atoms.